The van der Waals surface area contributed by atoms with Gasteiger partial charge in [0, 0.05) is 6.54 Å². The first-order chi connectivity index (χ1) is 7.09. The first-order valence-electron chi connectivity index (χ1n) is 4.70. The molecule has 0 aromatic heterocycles. The SMILES string of the molecule is CC(O)Oc1ccccc1N.OC1CN1. The number of rotatable bonds is 2. The van der Waals surface area contributed by atoms with Crippen LogP contribution in [0.5, 0.6) is 5.75 Å². The van der Waals surface area contributed by atoms with Gasteiger partial charge in [0.25, 0.3) is 0 Å². The van der Waals surface area contributed by atoms with E-state index >= 15 is 0 Å². The smallest absolute Gasteiger partial charge is 0.194 e. The number of anilines is 1. The van der Waals surface area contributed by atoms with E-state index in [1.807, 2.05) is 6.07 Å². The number of hydrogen-bond acceptors (Lipinski definition) is 5. The van der Waals surface area contributed by atoms with Crippen molar-refractivity contribution in [3.05, 3.63) is 24.3 Å². The zero-order valence-corrected chi connectivity index (χ0v) is 8.55. The van der Waals surface area contributed by atoms with Gasteiger partial charge in [-0.2, -0.15) is 0 Å². The molecule has 5 N–H and O–H groups in total. The molecule has 1 saturated heterocycles. The van der Waals surface area contributed by atoms with Crippen LogP contribution < -0.4 is 15.8 Å². The molecular formula is C10H16N2O3. The van der Waals surface area contributed by atoms with E-state index in [0.717, 1.165) is 6.54 Å². The Hall–Kier alpha value is -1.30. The molecule has 2 rings (SSSR count). The number of nitrogens with two attached hydrogens (primary N) is 1. The van der Waals surface area contributed by atoms with Gasteiger partial charge in [0.15, 0.2) is 6.29 Å². The van der Waals surface area contributed by atoms with Crippen molar-refractivity contribution < 1.29 is 14.9 Å². The number of aliphatic hydroxyl groups excluding tert-OH is 2. The molecule has 0 aliphatic carbocycles. The second-order valence-corrected chi connectivity index (χ2v) is 3.18. The summed E-state index contributed by atoms with van der Waals surface area (Å²) in [4.78, 5) is 0. The van der Waals surface area contributed by atoms with Crippen molar-refractivity contribution in [1.82, 2.24) is 5.32 Å². The number of aliphatic hydroxyl groups is 2. The number of nitrogen functional groups attached to an aromatic ring is 1. The Morgan fingerprint density at radius 1 is 1.53 bits per heavy atom. The van der Waals surface area contributed by atoms with Crippen LogP contribution >= 0.6 is 0 Å². The van der Waals surface area contributed by atoms with Crippen molar-refractivity contribution in [1.29, 1.82) is 0 Å². The predicted molar refractivity (Wildman–Crippen MR) is 57.2 cm³/mol. The Morgan fingerprint density at radius 2 is 2.07 bits per heavy atom. The van der Waals surface area contributed by atoms with Crippen molar-refractivity contribution in [2.45, 2.75) is 19.4 Å². The fourth-order valence-electron chi connectivity index (χ4n) is 0.824. The molecule has 5 heteroatoms. The van der Waals surface area contributed by atoms with E-state index in [0.29, 0.717) is 11.4 Å². The highest BCUT2D eigenvalue weighted by Crippen LogP contribution is 2.20. The molecular weight excluding hydrogens is 196 g/mol. The van der Waals surface area contributed by atoms with Crippen molar-refractivity contribution in [3.8, 4) is 5.75 Å². The molecule has 2 atom stereocenters. The summed E-state index contributed by atoms with van der Waals surface area (Å²) in [6, 6.07) is 7.04. The lowest BCUT2D eigenvalue weighted by Gasteiger charge is -2.09. The molecule has 2 unspecified atom stereocenters. The van der Waals surface area contributed by atoms with Crippen LogP contribution in [-0.4, -0.2) is 29.3 Å². The molecule has 1 aromatic rings. The first kappa shape index (κ1) is 11.8. The molecule has 0 amide bonds. The Kier molecular flexibility index (Phi) is 4.36. The summed E-state index contributed by atoms with van der Waals surface area (Å²) in [5.41, 5.74) is 6.07. The third-order valence-electron chi connectivity index (χ3n) is 1.60. The average molecular weight is 212 g/mol. The fourth-order valence-corrected chi connectivity index (χ4v) is 0.824. The molecule has 84 valence electrons. The highest BCUT2D eigenvalue weighted by atomic mass is 16.6. The lowest BCUT2D eigenvalue weighted by atomic mass is 10.3. The lowest BCUT2D eigenvalue weighted by molar-refractivity contribution is 0.000276. The van der Waals surface area contributed by atoms with Crippen LogP contribution in [0.3, 0.4) is 0 Å². The topological polar surface area (TPSA) is 97.7 Å². The zero-order valence-electron chi connectivity index (χ0n) is 8.55. The van der Waals surface area contributed by atoms with Crippen LogP contribution in [0.15, 0.2) is 24.3 Å². The highest BCUT2D eigenvalue weighted by molar-refractivity contribution is 5.51. The highest BCUT2D eigenvalue weighted by Gasteiger charge is 2.13. The van der Waals surface area contributed by atoms with Crippen LogP contribution in [0.4, 0.5) is 5.69 Å². The normalized spacial score (nSPS) is 19.8. The van der Waals surface area contributed by atoms with Crippen molar-refractivity contribution >= 4 is 5.69 Å². The maximum Gasteiger partial charge on any atom is 0.194 e. The molecule has 1 aliphatic rings. The third kappa shape index (κ3) is 5.21. The summed E-state index contributed by atoms with van der Waals surface area (Å²) < 4.78 is 4.98. The van der Waals surface area contributed by atoms with E-state index in [1.54, 1.807) is 18.2 Å². The van der Waals surface area contributed by atoms with Gasteiger partial charge in [-0.05, 0) is 19.1 Å². The molecule has 1 fully saturated rings. The standard InChI is InChI=1S/C8H11NO2.C2H5NO/c1-6(10)11-8-5-3-2-4-7(8)9;4-2-1-3-2/h2-6,10H,9H2,1H3;2-4H,1H2. The molecule has 0 bridgehead atoms. The number of β-amino-alcohol motifs (C(OH)–C–C–N with tert-alkyl or cyclic N) is 1. The average Bonchev–Trinajstić information content (AvgIpc) is 2.92. The van der Waals surface area contributed by atoms with Crippen LogP contribution in [-0.2, 0) is 0 Å². The van der Waals surface area contributed by atoms with Crippen molar-refractivity contribution in [2.24, 2.45) is 0 Å². The Bertz CT molecular complexity index is 300. The quantitative estimate of drug-likeness (QED) is 0.311. The maximum atomic E-state index is 8.85. The third-order valence-corrected chi connectivity index (χ3v) is 1.60. The van der Waals surface area contributed by atoms with Gasteiger partial charge in [-0.15, -0.1) is 0 Å². The van der Waals surface area contributed by atoms with Gasteiger partial charge in [0.1, 0.15) is 12.0 Å². The van der Waals surface area contributed by atoms with Crippen LogP contribution in [0, 0.1) is 0 Å². The van der Waals surface area contributed by atoms with Crippen LogP contribution in [0.2, 0.25) is 0 Å². The minimum absolute atomic E-state index is 0.167. The molecule has 0 spiro atoms. The van der Waals surface area contributed by atoms with Crippen LogP contribution in [0.1, 0.15) is 6.92 Å². The second kappa shape index (κ2) is 5.55. The van der Waals surface area contributed by atoms with E-state index in [4.69, 9.17) is 20.7 Å². The van der Waals surface area contributed by atoms with E-state index in [1.165, 1.54) is 6.92 Å². The molecule has 0 saturated carbocycles. The maximum absolute atomic E-state index is 8.85. The molecule has 1 heterocycles. The van der Waals surface area contributed by atoms with Gasteiger partial charge in [0.05, 0.1) is 5.69 Å². The Morgan fingerprint density at radius 3 is 2.47 bits per heavy atom. The Balaban J connectivity index is 0.000000234. The Labute approximate surface area is 88.5 Å². The first-order valence-corrected chi connectivity index (χ1v) is 4.70. The molecule has 5 nitrogen and oxygen atoms in total. The van der Waals surface area contributed by atoms with Crippen molar-refractivity contribution in [3.63, 3.8) is 0 Å². The van der Waals surface area contributed by atoms with Gasteiger partial charge in [-0.1, -0.05) is 12.1 Å². The number of benzene rings is 1. The van der Waals surface area contributed by atoms with Gasteiger partial charge < -0.3 is 20.7 Å². The molecule has 15 heavy (non-hydrogen) atoms. The lowest BCUT2D eigenvalue weighted by Crippen LogP contribution is -2.10. The van der Waals surface area contributed by atoms with Gasteiger partial charge in [0.2, 0.25) is 0 Å². The summed E-state index contributed by atoms with van der Waals surface area (Å²) in [6.45, 7) is 2.33. The summed E-state index contributed by atoms with van der Waals surface area (Å²) in [5, 5.41) is 19.6. The monoisotopic (exact) mass is 212 g/mol. The number of hydrogen-bond donors (Lipinski definition) is 4. The number of para-hydroxylation sites is 2. The van der Waals surface area contributed by atoms with Gasteiger partial charge in [-0.3, -0.25) is 5.32 Å². The predicted octanol–water partition coefficient (Wildman–Crippen LogP) is -0.106. The minimum Gasteiger partial charge on any atom is -0.463 e. The number of nitrogens with one attached hydrogen (secondary N) is 1. The van der Waals surface area contributed by atoms with Gasteiger partial charge >= 0.3 is 0 Å². The van der Waals surface area contributed by atoms with Crippen molar-refractivity contribution in [2.75, 3.05) is 12.3 Å². The van der Waals surface area contributed by atoms with E-state index < -0.39 is 6.29 Å². The fraction of sp³-hybridized carbons (Fsp3) is 0.400. The summed E-state index contributed by atoms with van der Waals surface area (Å²) in [5.74, 6) is 0.516. The van der Waals surface area contributed by atoms with E-state index in [-0.39, 0.29) is 6.23 Å². The zero-order chi connectivity index (χ0) is 11.3. The summed E-state index contributed by atoms with van der Waals surface area (Å²) in [7, 11) is 0. The molecule has 1 aromatic carbocycles. The van der Waals surface area contributed by atoms with E-state index in [2.05, 4.69) is 5.32 Å². The molecule has 1 aliphatic heterocycles. The van der Waals surface area contributed by atoms with Gasteiger partial charge in [-0.25, -0.2) is 0 Å². The minimum atomic E-state index is -0.820. The largest absolute Gasteiger partial charge is 0.463 e. The van der Waals surface area contributed by atoms with Crippen LogP contribution in [0.25, 0.3) is 0 Å². The van der Waals surface area contributed by atoms with E-state index in [9.17, 15) is 0 Å². The summed E-state index contributed by atoms with van der Waals surface area (Å²) in [6.07, 6.45) is -0.986. The summed E-state index contributed by atoms with van der Waals surface area (Å²) >= 11 is 0. The molecule has 0 radical (unpaired) electrons. The second-order valence-electron chi connectivity index (χ2n) is 3.18. The number of ether oxygens (including phenoxy) is 1.